The number of aromatic nitrogens is 5. The molecule has 0 radical (unpaired) electrons. The van der Waals surface area contributed by atoms with Crippen LogP contribution in [-0.4, -0.2) is 24.1 Å². The lowest BCUT2D eigenvalue weighted by Gasteiger charge is -2.14. The minimum absolute atomic E-state index is 0.351. The summed E-state index contributed by atoms with van der Waals surface area (Å²) in [5, 5.41) is 4.61. The summed E-state index contributed by atoms with van der Waals surface area (Å²) in [5.74, 6) is 0.535. The zero-order valence-electron chi connectivity index (χ0n) is 30.9. The van der Waals surface area contributed by atoms with Gasteiger partial charge in [-0.15, -0.1) is 0 Å². The van der Waals surface area contributed by atoms with Crippen molar-refractivity contribution in [2.45, 2.75) is 0 Å². The van der Waals surface area contributed by atoms with Crippen LogP contribution < -0.4 is 0 Å². The molecule has 5 nitrogen and oxygen atoms in total. The molecule has 0 saturated carbocycles. The SMILES string of the molecule is Fc1ccc(-c2nc(-c3ccc(F)cc3)nc(-c3ccc(-c4cc5c6ccccc6n(-c6ccccc6)c5c5c4c4ccccc4n5-c4ccccc4)cc3)n2)cc1. The lowest BCUT2D eigenvalue weighted by atomic mass is 9.96. The van der Waals surface area contributed by atoms with Gasteiger partial charge in [-0.05, 0) is 102 Å². The van der Waals surface area contributed by atoms with E-state index in [0.717, 1.165) is 71.7 Å². The molecule has 0 fully saturated rings. The van der Waals surface area contributed by atoms with Crippen molar-refractivity contribution >= 4 is 43.6 Å². The molecule has 0 bridgehead atoms. The summed E-state index contributed by atoms with van der Waals surface area (Å²) in [6, 6.07) is 61.2. The molecule has 11 aromatic rings. The van der Waals surface area contributed by atoms with Gasteiger partial charge in [-0.2, -0.15) is 0 Å². The molecule has 3 aromatic heterocycles. The first-order chi connectivity index (χ1) is 28.6. The lowest BCUT2D eigenvalue weighted by molar-refractivity contribution is 0.627. The van der Waals surface area contributed by atoms with E-state index in [1.807, 2.05) is 12.1 Å². The van der Waals surface area contributed by atoms with Crippen LogP contribution in [0.4, 0.5) is 8.78 Å². The number of nitrogens with zero attached hydrogens (tertiary/aromatic N) is 5. The molecule has 0 N–H and O–H groups in total. The third-order valence-electron chi connectivity index (χ3n) is 10.9. The van der Waals surface area contributed by atoms with E-state index in [2.05, 4.69) is 137 Å². The molecule has 0 unspecified atom stereocenters. The van der Waals surface area contributed by atoms with Crippen LogP contribution in [-0.2, 0) is 0 Å². The zero-order valence-corrected chi connectivity index (χ0v) is 30.9. The van der Waals surface area contributed by atoms with E-state index in [1.165, 1.54) is 24.3 Å². The second-order valence-corrected chi connectivity index (χ2v) is 14.3. The highest BCUT2D eigenvalue weighted by molar-refractivity contribution is 6.28. The number of hydrogen-bond acceptors (Lipinski definition) is 3. The van der Waals surface area contributed by atoms with Crippen molar-refractivity contribution in [3.8, 4) is 56.7 Å². The molecule has 8 aromatic carbocycles. The molecule has 0 aliphatic rings. The molecular formula is C51H31F2N5. The molecule has 0 aliphatic heterocycles. The van der Waals surface area contributed by atoms with Crippen LogP contribution in [0.2, 0.25) is 0 Å². The summed E-state index contributed by atoms with van der Waals surface area (Å²) in [6.45, 7) is 0. The fourth-order valence-corrected chi connectivity index (χ4v) is 8.28. The minimum atomic E-state index is -0.351. The van der Waals surface area contributed by atoms with Crippen LogP contribution >= 0.6 is 0 Å². The first-order valence-electron chi connectivity index (χ1n) is 19.1. The first-order valence-corrected chi connectivity index (χ1v) is 19.1. The molecule has 0 saturated heterocycles. The third-order valence-corrected chi connectivity index (χ3v) is 10.9. The van der Waals surface area contributed by atoms with Crippen LogP contribution in [0.1, 0.15) is 0 Å². The van der Waals surface area contributed by atoms with E-state index >= 15 is 0 Å². The maximum Gasteiger partial charge on any atom is 0.164 e. The summed E-state index contributed by atoms with van der Waals surface area (Å²) >= 11 is 0. The van der Waals surface area contributed by atoms with Crippen molar-refractivity contribution in [3.05, 3.63) is 200 Å². The molecule has 274 valence electrons. The smallest absolute Gasteiger partial charge is 0.164 e. The number of hydrogen-bond donors (Lipinski definition) is 0. The van der Waals surface area contributed by atoms with E-state index in [1.54, 1.807) is 24.3 Å². The Kier molecular flexibility index (Phi) is 7.79. The lowest BCUT2D eigenvalue weighted by Crippen LogP contribution is -2.00. The fourth-order valence-electron chi connectivity index (χ4n) is 8.28. The van der Waals surface area contributed by atoms with Gasteiger partial charge in [-0.25, -0.2) is 23.7 Å². The van der Waals surface area contributed by atoms with Gasteiger partial charge in [0.25, 0.3) is 0 Å². The summed E-state index contributed by atoms with van der Waals surface area (Å²) in [7, 11) is 0. The Morgan fingerprint density at radius 3 is 1.26 bits per heavy atom. The predicted octanol–water partition coefficient (Wildman–Crippen LogP) is 13.0. The number of para-hydroxylation sites is 4. The van der Waals surface area contributed by atoms with E-state index in [9.17, 15) is 8.78 Å². The number of rotatable bonds is 6. The first kappa shape index (κ1) is 33.6. The number of fused-ring (bicyclic) bond motifs is 7. The molecule has 7 heteroatoms. The maximum absolute atomic E-state index is 13.9. The van der Waals surface area contributed by atoms with Crippen molar-refractivity contribution in [1.29, 1.82) is 0 Å². The molecule has 0 atom stereocenters. The Morgan fingerprint density at radius 2 is 0.741 bits per heavy atom. The Morgan fingerprint density at radius 1 is 0.345 bits per heavy atom. The molecule has 0 amide bonds. The molecule has 0 spiro atoms. The molecule has 0 aliphatic carbocycles. The van der Waals surface area contributed by atoms with Gasteiger partial charge in [0, 0.05) is 49.6 Å². The van der Waals surface area contributed by atoms with Gasteiger partial charge in [0.05, 0.1) is 22.1 Å². The standard InChI is InChI=1S/C51H31F2N5/c52-36-27-23-34(24-28-36)50-54-49(55-51(56-50)35-25-29-37(53)30-26-35)33-21-19-32(20-22-33)42-31-43-40-15-7-9-17-44(40)57(38-11-3-1-4-12-38)47(43)48-46(42)41-16-8-10-18-45(41)58(48)39-13-5-2-6-14-39/h1-31H. The second-order valence-electron chi connectivity index (χ2n) is 14.3. The maximum atomic E-state index is 13.9. The highest BCUT2D eigenvalue weighted by atomic mass is 19.1. The van der Waals surface area contributed by atoms with Crippen LogP contribution in [0.5, 0.6) is 0 Å². The minimum Gasteiger partial charge on any atom is -0.307 e. The van der Waals surface area contributed by atoms with Crippen LogP contribution in [0.25, 0.3) is 100 Å². The molecule has 58 heavy (non-hydrogen) atoms. The van der Waals surface area contributed by atoms with Gasteiger partial charge >= 0.3 is 0 Å². The van der Waals surface area contributed by atoms with Crippen molar-refractivity contribution in [3.63, 3.8) is 0 Å². The molecule has 3 heterocycles. The Bertz CT molecular complexity index is 3250. The summed E-state index contributed by atoms with van der Waals surface area (Å²) in [6.07, 6.45) is 0. The van der Waals surface area contributed by atoms with E-state index < -0.39 is 0 Å². The number of benzene rings is 8. The van der Waals surface area contributed by atoms with Gasteiger partial charge < -0.3 is 9.13 Å². The monoisotopic (exact) mass is 751 g/mol. The van der Waals surface area contributed by atoms with Gasteiger partial charge in [0.15, 0.2) is 17.5 Å². The van der Waals surface area contributed by atoms with Gasteiger partial charge in [-0.3, -0.25) is 0 Å². The third kappa shape index (κ3) is 5.47. The fraction of sp³-hybridized carbons (Fsp3) is 0. The van der Waals surface area contributed by atoms with E-state index in [0.29, 0.717) is 28.6 Å². The number of halogens is 2. The molecular weight excluding hydrogens is 721 g/mol. The Balaban J connectivity index is 1.17. The summed E-state index contributed by atoms with van der Waals surface area (Å²) < 4.78 is 32.7. The van der Waals surface area contributed by atoms with Crippen molar-refractivity contribution in [2.24, 2.45) is 0 Å². The van der Waals surface area contributed by atoms with Gasteiger partial charge in [0.2, 0.25) is 0 Å². The Hall–Kier alpha value is -7.77. The summed E-state index contributed by atoms with van der Waals surface area (Å²) in [4.78, 5) is 14.4. The normalized spacial score (nSPS) is 11.6. The highest BCUT2D eigenvalue weighted by Crippen LogP contribution is 2.46. The summed E-state index contributed by atoms with van der Waals surface area (Å²) in [5.41, 5.74) is 10.9. The zero-order chi connectivity index (χ0) is 38.7. The van der Waals surface area contributed by atoms with Crippen LogP contribution in [0, 0.1) is 11.6 Å². The highest BCUT2D eigenvalue weighted by Gasteiger charge is 2.24. The van der Waals surface area contributed by atoms with Crippen LogP contribution in [0.3, 0.4) is 0 Å². The van der Waals surface area contributed by atoms with Gasteiger partial charge in [0.1, 0.15) is 11.6 Å². The van der Waals surface area contributed by atoms with Crippen LogP contribution in [0.15, 0.2) is 188 Å². The van der Waals surface area contributed by atoms with Gasteiger partial charge in [-0.1, -0.05) is 97.1 Å². The Labute approximate surface area is 331 Å². The average molecular weight is 752 g/mol. The van der Waals surface area contributed by atoms with Crippen molar-refractivity contribution < 1.29 is 8.78 Å². The molecule has 11 rings (SSSR count). The predicted molar refractivity (Wildman–Crippen MR) is 230 cm³/mol. The van der Waals surface area contributed by atoms with Crippen molar-refractivity contribution in [2.75, 3.05) is 0 Å². The van der Waals surface area contributed by atoms with E-state index in [4.69, 9.17) is 15.0 Å². The van der Waals surface area contributed by atoms with Crippen molar-refractivity contribution in [1.82, 2.24) is 24.1 Å². The quantitative estimate of drug-likeness (QED) is 0.170. The van der Waals surface area contributed by atoms with E-state index in [-0.39, 0.29) is 11.6 Å². The topological polar surface area (TPSA) is 48.5 Å². The largest absolute Gasteiger partial charge is 0.307 e. The average Bonchev–Trinajstić information content (AvgIpc) is 3.81. The second kappa shape index (κ2) is 13.5.